The van der Waals surface area contributed by atoms with Crippen LogP contribution in [0.15, 0.2) is 71.6 Å². The van der Waals surface area contributed by atoms with Gasteiger partial charge in [-0.05, 0) is 56.7 Å². The zero-order valence-corrected chi connectivity index (χ0v) is 24.2. The fourth-order valence-corrected chi connectivity index (χ4v) is 5.78. The molecule has 0 spiro atoms. The van der Waals surface area contributed by atoms with Crippen molar-refractivity contribution in [1.29, 1.82) is 0 Å². The summed E-state index contributed by atoms with van der Waals surface area (Å²) in [6.45, 7) is 4.66. The number of anilines is 1. The average Bonchev–Trinajstić information content (AvgIpc) is 2.90. The SMILES string of the molecule is CCCNC(=O)C(C)N(Cc1c(Cl)cccc1Cl)C(=O)CN(c1ccccc1F)S(=O)(=O)c1ccc(C)cc1. The van der Waals surface area contributed by atoms with Gasteiger partial charge in [-0.15, -0.1) is 0 Å². The maximum Gasteiger partial charge on any atom is 0.264 e. The molecule has 3 aromatic rings. The van der Waals surface area contributed by atoms with Crippen molar-refractivity contribution in [2.45, 2.75) is 44.7 Å². The summed E-state index contributed by atoms with van der Waals surface area (Å²) in [7, 11) is -4.38. The van der Waals surface area contributed by atoms with Crippen molar-refractivity contribution in [2.24, 2.45) is 0 Å². The van der Waals surface area contributed by atoms with Crippen molar-refractivity contribution in [3.05, 3.63) is 93.7 Å². The topological polar surface area (TPSA) is 86.8 Å². The van der Waals surface area contributed by atoms with Crippen molar-refractivity contribution in [3.63, 3.8) is 0 Å². The van der Waals surface area contributed by atoms with Gasteiger partial charge in [0.2, 0.25) is 11.8 Å². The standard InChI is InChI=1S/C28H30Cl2FN3O4S/c1-4-16-32-28(36)20(3)33(17-22-23(29)8-7-9-24(22)30)27(35)18-34(26-11-6-5-10-25(26)31)39(37,38)21-14-12-19(2)13-15-21/h5-15,20H,4,16-18H2,1-3H3,(H,32,36). The summed E-state index contributed by atoms with van der Waals surface area (Å²) in [4.78, 5) is 27.8. The first-order valence-corrected chi connectivity index (χ1v) is 14.5. The molecule has 11 heteroatoms. The van der Waals surface area contributed by atoms with Crippen molar-refractivity contribution in [1.82, 2.24) is 10.2 Å². The van der Waals surface area contributed by atoms with Gasteiger partial charge in [-0.1, -0.05) is 66.0 Å². The average molecular weight is 595 g/mol. The van der Waals surface area contributed by atoms with Gasteiger partial charge in [-0.3, -0.25) is 13.9 Å². The lowest BCUT2D eigenvalue weighted by molar-refractivity contribution is -0.139. The number of hydrogen-bond donors (Lipinski definition) is 1. The molecule has 3 rings (SSSR count). The van der Waals surface area contributed by atoms with Crippen molar-refractivity contribution in [3.8, 4) is 0 Å². The van der Waals surface area contributed by atoms with Crippen LogP contribution in [0.4, 0.5) is 10.1 Å². The predicted octanol–water partition coefficient (Wildman–Crippen LogP) is 5.58. The van der Waals surface area contributed by atoms with E-state index >= 15 is 0 Å². The molecule has 3 aromatic carbocycles. The van der Waals surface area contributed by atoms with Crippen LogP contribution in [0.5, 0.6) is 0 Å². The molecule has 0 aliphatic rings. The maximum absolute atomic E-state index is 15.0. The molecule has 0 saturated heterocycles. The molecule has 0 radical (unpaired) electrons. The molecule has 0 aliphatic heterocycles. The van der Waals surface area contributed by atoms with Crippen LogP contribution in [-0.2, 0) is 26.2 Å². The van der Waals surface area contributed by atoms with Crippen molar-refractivity contribution >= 4 is 50.7 Å². The monoisotopic (exact) mass is 593 g/mol. The van der Waals surface area contributed by atoms with E-state index in [0.717, 1.165) is 11.6 Å². The largest absolute Gasteiger partial charge is 0.354 e. The molecule has 0 aromatic heterocycles. The zero-order valence-electron chi connectivity index (χ0n) is 21.8. The minimum Gasteiger partial charge on any atom is -0.354 e. The minimum absolute atomic E-state index is 0.112. The number of rotatable bonds is 11. The lowest BCUT2D eigenvalue weighted by Crippen LogP contribution is -2.51. The van der Waals surface area contributed by atoms with E-state index in [9.17, 15) is 22.4 Å². The molecule has 0 aliphatic carbocycles. The fraction of sp³-hybridized carbons (Fsp3) is 0.286. The number of amides is 2. The molecule has 0 heterocycles. The van der Waals surface area contributed by atoms with Crippen LogP contribution in [0.2, 0.25) is 10.0 Å². The van der Waals surface area contributed by atoms with Crippen molar-refractivity contribution in [2.75, 3.05) is 17.4 Å². The van der Waals surface area contributed by atoms with Gasteiger partial charge < -0.3 is 10.2 Å². The van der Waals surface area contributed by atoms with E-state index in [4.69, 9.17) is 23.2 Å². The van der Waals surface area contributed by atoms with Crippen LogP contribution in [0.3, 0.4) is 0 Å². The number of nitrogens with zero attached hydrogens (tertiary/aromatic N) is 2. The minimum atomic E-state index is -4.38. The van der Waals surface area contributed by atoms with E-state index in [-0.39, 0.29) is 27.2 Å². The fourth-order valence-electron chi connectivity index (χ4n) is 3.84. The molecule has 1 N–H and O–H groups in total. The van der Waals surface area contributed by atoms with Crippen LogP contribution in [-0.4, -0.2) is 44.3 Å². The third-order valence-electron chi connectivity index (χ3n) is 6.12. The Bertz CT molecular complexity index is 1410. The first-order chi connectivity index (χ1) is 18.5. The van der Waals surface area contributed by atoms with Gasteiger partial charge in [0.05, 0.1) is 10.6 Å². The third-order valence-corrected chi connectivity index (χ3v) is 8.60. The zero-order chi connectivity index (χ0) is 28.7. The number of hydrogen-bond acceptors (Lipinski definition) is 4. The Morgan fingerprint density at radius 3 is 2.18 bits per heavy atom. The Balaban J connectivity index is 2.07. The van der Waals surface area contributed by atoms with Crippen LogP contribution in [0.25, 0.3) is 0 Å². The predicted molar refractivity (Wildman–Crippen MR) is 152 cm³/mol. The van der Waals surface area contributed by atoms with E-state index in [0.29, 0.717) is 22.8 Å². The third kappa shape index (κ3) is 7.29. The number of para-hydroxylation sites is 1. The van der Waals surface area contributed by atoms with Crippen LogP contribution in [0.1, 0.15) is 31.4 Å². The quantitative estimate of drug-likeness (QED) is 0.314. The van der Waals surface area contributed by atoms with E-state index in [1.165, 1.54) is 42.2 Å². The van der Waals surface area contributed by atoms with E-state index < -0.39 is 40.2 Å². The summed E-state index contributed by atoms with van der Waals surface area (Å²) in [5.41, 5.74) is 0.922. The Morgan fingerprint density at radius 1 is 0.974 bits per heavy atom. The van der Waals surface area contributed by atoms with E-state index in [1.807, 2.05) is 6.92 Å². The maximum atomic E-state index is 15.0. The highest BCUT2D eigenvalue weighted by molar-refractivity contribution is 7.92. The molecule has 0 saturated carbocycles. The lowest BCUT2D eigenvalue weighted by atomic mass is 10.1. The summed E-state index contributed by atoms with van der Waals surface area (Å²) in [6, 6.07) is 15.1. The number of carbonyl (C=O) groups excluding carboxylic acids is 2. The molecular weight excluding hydrogens is 564 g/mol. The highest BCUT2D eigenvalue weighted by Gasteiger charge is 2.34. The summed E-state index contributed by atoms with van der Waals surface area (Å²) in [6.07, 6.45) is 0.679. The Morgan fingerprint density at radius 2 is 1.59 bits per heavy atom. The van der Waals surface area contributed by atoms with Gasteiger partial charge in [-0.2, -0.15) is 0 Å². The van der Waals surface area contributed by atoms with Gasteiger partial charge in [0.1, 0.15) is 18.4 Å². The highest BCUT2D eigenvalue weighted by Crippen LogP contribution is 2.29. The van der Waals surface area contributed by atoms with Gasteiger partial charge in [0.15, 0.2) is 0 Å². The second-order valence-corrected chi connectivity index (χ2v) is 11.6. The first kappa shape index (κ1) is 30.4. The van der Waals surface area contributed by atoms with Gasteiger partial charge in [-0.25, -0.2) is 12.8 Å². The molecule has 7 nitrogen and oxygen atoms in total. The van der Waals surface area contributed by atoms with E-state index in [2.05, 4.69) is 5.32 Å². The Labute approximate surface area is 238 Å². The molecule has 208 valence electrons. The van der Waals surface area contributed by atoms with Crippen LogP contribution in [0, 0.1) is 12.7 Å². The highest BCUT2D eigenvalue weighted by atomic mass is 35.5. The summed E-state index contributed by atoms with van der Waals surface area (Å²) >= 11 is 12.7. The van der Waals surface area contributed by atoms with Crippen LogP contribution >= 0.6 is 23.2 Å². The van der Waals surface area contributed by atoms with Gasteiger partial charge in [0, 0.05) is 28.7 Å². The Kier molecular flexibility index (Phi) is 10.4. The second-order valence-electron chi connectivity index (χ2n) is 8.96. The number of carbonyl (C=O) groups is 2. The van der Waals surface area contributed by atoms with Gasteiger partial charge in [0.25, 0.3) is 10.0 Å². The Hall–Kier alpha value is -3.14. The van der Waals surface area contributed by atoms with Crippen LogP contribution < -0.4 is 9.62 Å². The molecule has 1 atom stereocenters. The number of sulfonamides is 1. The number of aryl methyl sites for hydroxylation is 1. The molecule has 1 unspecified atom stereocenters. The smallest absolute Gasteiger partial charge is 0.264 e. The van der Waals surface area contributed by atoms with E-state index in [1.54, 1.807) is 37.3 Å². The summed E-state index contributed by atoms with van der Waals surface area (Å²) in [5, 5.41) is 3.30. The number of halogens is 3. The lowest BCUT2D eigenvalue weighted by Gasteiger charge is -2.32. The van der Waals surface area contributed by atoms with Gasteiger partial charge >= 0.3 is 0 Å². The molecule has 39 heavy (non-hydrogen) atoms. The normalized spacial score (nSPS) is 12.1. The van der Waals surface area contributed by atoms with Crippen molar-refractivity contribution < 1.29 is 22.4 Å². The molecule has 0 bridgehead atoms. The molecule has 0 fully saturated rings. The first-order valence-electron chi connectivity index (χ1n) is 12.3. The summed E-state index contributed by atoms with van der Waals surface area (Å²) in [5.74, 6) is -2.01. The number of nitrogens with one attached hydrogen (secondary N) is 1. The number of benzene rings is 3. The second kappa shape index (κ2) is 13.3. The summed E-state index contributed by atoms with van der Waals surface area (Å²) < 4.78 is 43.1. The molecular formula is C28H30Cl2FN3O4S. The molecule has 2 amide bonds.